The van der Waals surface area contributed by atoms with Gasteiger partial charge in [-0.25, -0.2) is 14.4 Å². The summed E-state index contributed by atoms with van der Waals surface area (Å²) in [6.45, 7) is 6.54. The molecule has 0 unspecified atom stereocenters. The molecular formula is C31H33FN4O. The largest absolute Gasteiger partial charge is 0.365 e. The third-order valence-electron chi connectivity index (χ3n) is 6.63. The monoisotopic (exact) mass is 496 g/mol. The fourth-order valence-corrected chi connectivity index (χ4v) is 4.60. The van der Waals surface area contributed by atoms with Crippen LogP contribution in [0.2, 0.25) is 0 Å². The van der Waals surface area contributed by atoms with Gasteiger partial charge in [-0.05, 0) is 81.0 Å². The van der Waals surface area contributed by atoms with E-state index in [1.54, 1.807) is 12.4 Å². The number of carbonyl (C=O) groups is 1. The lowest BCUT2D eigenvalue weighted by molar-refractivity contribution is -0.132. The Morgan fingerprint density at radius 1 is 1.00 bits per heavy atom. The van der Waals surface area contributed by atoms with E-state index in [1.807, 2.05) is 59.5 Å². The highest BCUT2D eigenvalue weighted by atomic mass is 19.1. The van der Waals surface area contributed by atoms with Crippen LogP contribution in [0.1, 0.15) is 51.2 Å². The predicted octanol–water partition coefficient (Wildman–Crippen LogP) is 6.77. The van der Waals surface area contributed by atoms with Gasteiger partial charge in [0.25, 0.3) is 0 Å². The summed E-state index contributed by atoms with van der Waals surface area (Å²) in [5.41, 5.74) is 4.22. The topological polar surface area (TPSA) is 58.1 Å². The Balaban J connectivity index is 1.39. The van der Waals surface area contributed by atoms with Gasteiger partial charge in [0.2, 0.25) is 5.91 Å². The highest BCUT2D eigenvalue weighted by Gasteiger charge is 2.32. The van der Waals surface area contributed by atoms with Crippen molar-refractivity contribution in [2.75, 3.05) is 5.32 Å². The van der Waals surface area contributed by atoms with E-state index in [1.165, 1.54) is 6.07 Å². The minimum Gasteiger partial charge on any atom is -0.365 e. The maximum atomic E-state index is 15.0. The Labute approximate surface area is 217 Å². The van der Waals surface area contributed by atoms with Crippen molar-refractivity contribution in [2.45, 2.75) is 64.6 Å². The Kier molecular flexibility index (Phi) is 6.92. The van der Waals surface area contributed by atoms with Crippen molar-refractivity contribution in [3.63, 3.8) is 0 Å². The standard InChI is InChI=1S/C31H33FN4O/c1-31(2,3)35-30-26-18-23(11-15-28(26)33-20-34-30)22-10-14-27(32)24(17-22)19-36(25-12-13-25)29(37)16-9-21-7-5-4-6-8-21/h4-8,10-11,14-15,17-18,20,25H,9,12-13,16,19H2,1-3H3,(H,33,34,35). The Bertz CT molecular complexity index is 1410. The van der Waals surface area contributed by atoms with Gasteiger partial charge in [0.05, 0.1) is 5.52 Å². The van der Waals surface area contributed by atoms with Crippen molar-refractivity contribution in [3.05, 3.63) is 90.0 Å². The molecule has 0 bridgehead atoms. The van der Waals surface area contributed by atoms with Crippen LogP contribution in [0.25, 0.3) is 22.0 Å². The maximum absolute atomic E-state index is 15.0. The zero-order valence-electron chi connectivity index (χ0n) is 21.7. The molecule has 6 heteroatoms. The molecule has 1 aromatic heterocycles. The van der Waals surface area contributed by atoms with Crippen molar-refractivity contribution in [1.29, 1.82) is 0 Å². The van der Waals surface area contributed by atoms with E-state index in [4.69, 9.17) is 0 Å². The molecule has 0 atom stereocenters. The molecule has 37 heavy (non-hydrogen) atoms. The van der Waals surface area contributed by atoms with Crippen molar-refractivity contribution in [2.24, 2.45) is 0 Å². The number of nitrogens with one attached hydrogen (secondary N) is 1. The molecule has 5 rings (SSSR count). The number of benzene rings is 3. The summed E-state index contributed by atoms with van der Waals surface area (Å²) >= 11 is 0. The van der Waals surface area contributed by atoms with Gasteiger partial charge in [-0.2, -0.15) is 0 Å². The molecule has 1 N–H and O–H groups in total. The van der Waals surface area contributed by atoms with Gasteiger partial charge < -0.3 is 10.2 Å². The van der Waals surface area contributed by atoms with E-state index >= 15 is 0 Å². The third-order valence-corrected chi connectivity index (χ3v) is 6.63. The number of amides is 1. The van der Waals surface area contributed by atoms with Crippen LogP contribution in [0.4, 0.5) is 10.2 Å². The molecule has 1 amide bonds. The van der Waals surface area contributed by atoms with Gasteiger partial charge in [-0.1, -0.05) is 42.5 Å². The first-order valence-electron chi connectivity index (χ1n) is 12.9. The first-order valence-corrected chi connectivity index (χ1v) is 12.9. The summed E-state index contributed by atoms with van der Waals surface area (Å²) in [5.74, 6) is 0.562. The number of carbonyl (C=O) groups excluding carboxylic acids is 1. The molecule has 1 fully saturated rings. The van der Waals surface area contributed by atoms with Crippen molar-refractivity contribution < 1.29 is 9.18 Å². The first kappa shape index (κ1) is 24.9. The number of rotatable bonds is 8. The summed E-state index contributed by atoms with van der Waals surface area (Å²) in [7, 11) is 0. The molecule has 1 saturated carbocycles. The number of nitrogens with zero attached hydrogens (tertiary/aromatic N) is 3. The van der Waals surface area contributed by atoms with Crippen molar-refractivity contribution in [1.82, 2.24) is 14.9 Å². The van der Waals surface area contributed by atoms with E-state index in [0.29, 0.717) is 18.4 Å². The van der Waals surface area contributed by atoms with Crippen LogP contribution >= 0.6 is 0 Å². The summed E-state index contributed by atoms with van der Waals surface area (Å²) in [6, 6.07) is 21.4. The third kappa shape index (κ3) is 6.13. The summed E-state index contributed by atoms with van der Waals surface area (Å²) in [5, 5.41) is 4.36. The average Bonchev–Trinajstić information content (AvgIpc) is 3.72. The van der Waals surface area contributed by atoms with Crippen LogP contribution < -0.4 is 5.32 Å². The summed E-state index contributed by atoms with van der Waals surface area (Å²) < 4.78 is 15.0. The highest BCUT2D eigenvalue weighted by Crippen LogP contribution is 2.32. The number of aromatic nitrogens is 2. The van der Waals surface area contributed by atoms with Gasteiger partial charge in [0.1, 0.15) is 18.0 Å². The molecule has 4 aromatic rings. The Hall–Kier alpha value is -3.80. The number of fused-ring (bicyclic) bond motifs is 1. The van der Waals surface area contributed by atoms with Gasteiger partial charge in [-0.3, -0.25) is 4.79 Å². The van der Waals surface area contributed by atoms with Crippen LogP contribution in [-0.2, 0) is 17.8 Å². The minimum atomic E-state index is -0.288. The predicted molar refractivity (Wildman–Crippen MR) is 147 cm³/mol. The molecule has 5 nitrogen and oxygen atoms in total. The molecule has 0 spiro atoms. The first-order chi connectivity index (χ1) is 17.8. The molecule has 1 aliphatic rings. The maximum Gasteiger partial charge on any atom is 0.223 e. The number of halogens is 1. The van der Waals surface area contributed by atoms with Gasteiger partial charge in [-0.15, -0.1) is 0 Å². The molecule has 1 aliphatic carbocycles. The highest BCUT2D eigenvalue weighted by molar-refractivity contribution is 5.92. The lowest BCUT2D eigenvalue weighted by Gasteiger charge is -2.23. The Morgan fingerprint density at radius 2 is 1.73 bits per heavy atom. The zero-order chi connectivity index (χ0) is 26.0. The van der Waals surface area contributed by atoms with Gasteiger partial charge in [0, 0.05) is 35.5 Å². The molecule has 3 aromatic carbocycles. The fraction of sp³-hybridized carbons (Fsp3) is 0.323. The van der Waals surface area contributed by atoms with Crippen LogP contribution in [0, 0.1) is 5.82 Å². The van der Waals surface area contributed by atoms with Crippen LogP contribution in [0.3, 0.4) is 0 Å². The molecule has 1 heterocycles. The van der Waals surface area contributed by atoms with Gasteiger partial charge >= 0.3 is 0 Å². The quantitative estimate of drug-likeness (QED) is 0.292. The second-order valence-electron chi connectivity index (χ2n) is 10.9. The SMILES string of the molecule is CC(C)(C)Nc1ncnc2ccc(-c3ccc(F)c(CN(C(=O)CCc4ccccc4)C4CC4)c3)cc12. The molecule has 0 radical (unpaired) electrons. The number of aryl methyl sites for hydroxylation is 1. The van der Waals surface area contributed by atoms with E-state index < -0.39 is 0 Å². The van der Waals surface area contributed by atoms with E-state index in [0.717, 1.165) is 46.3 Å². The second kappa shape index (κ2) is 10.3. The normalized spacial score (nSPS) is 13.5. The summed E-state index contributed by atoms with van der Waals surface area (Å²) in [6.07, 6.45) is 4.64. The number of anilines is 1. The lowest BCUT2D eigenvalue weighted by Crippen LogP contribution is -2.33. The van der Waals surface area contributed by atoms with E-state index in [-0.39, 0.29) is 29.8 Å². The smallest absolute Gasteiger partial charge is 0.223 e. The van der Waals surface area contributed by atoms with Crippen molar-refractivity contribution in [3.8, 4) is 11.1 Å². The average molecular weight is 497 g/mol. The van der Waals surface area contributed by atoms with Crippen LogP contribution in [0.15, 0.2) is 73.1 Å². The molecule has 0 saturated heterocycles. The van der Waals surface area contributed by atoms with Gasteiger partial charge in [0.15, 0.2) is 0 Å². The van der Waals surface area contributed by atoms with Crippen LogP contribution in [-0.4, -0.2) is 32.4 Å². The number of hydrogen-bond donors (Lipinski definition) is 1. The second-order valence-corrected chi connectivity index (χ2v) is 10.9. The number of hydrogen-bond acceptors (Lipinski definition) is 4. The van der Waals surface area contributed by atoms with Crippen molar-refractivity contribution >= 4 is 22.6 Å². The van der Waals surface area contributed by atoms with Crippen LogP contribution in [0.5, 0.6) is 0 Å². The molecule has 190 valence electrons. The summed E-state index contributed by atoms with van der Waals surface area (Å²) in [4.78, 5) is 23.9. The molecule has 0 aliphatic heterocycles. The zero-order valence-corrected chi connectivity index (χ0v) is 21.7. The van der Waals surface area contributed by atoms with E-state index in [9.17, 15) is 9.18 Å². The Morgan fingerprint density at radius 3 is 2.46 bits per heavy atom. The fourth-order valence-electron chi connectivity index (χ4n) is 4.60. The molecular weight excluding hydrogens is 463 g/mol. The lowest BCUT2D eigenvalue weighted by atomic mass is 10.00. The van der Waals surface area contributed by atoms with E-state index in [2.05, 4.69) is 36.1 Å². The minimum absolute atomic E-state index is 0.0805.